The fourth-order valence-electron chi connectivity index (χ4n) is 5.41. The summed E-state index contributed by atoms with van der Waals surface area (Å²) in [6.07, 6.45) is 4.31. The van der Waals surface area contributed by atoms with Crippen molar-refractivity contribution in [2.75, 3.05) is 25.0 Å². The first-order chi connectivity index (χ1) is 18.6. The third-order valence-corrected chi connectivity index (χ3v) is 7.77. The highest BCUT2D eigenvalue weighted by molar-refractivity contribution is 6.33. The van der Waals surface area contributed by atoms with Crippen LogP contribution in [0.15, 0.2) is 91.1 Å². The number of piperidine rings is 1. The van der Waals surface area contributed by atoms with E-state index in [-0.39, 0.29) is 0 Å². The Hall–Kier alpha value is -3.67. The van der Waals surface area contributed by atoms with Gasteiger partial charge in [-0.1, -0.05) is 84.4 Å². The minimum absolute atomic E-state index is 0.566. The van der Waals surface area contributed by atoms with E-state index in [0.29, 0.717) is 10.9 Å². The van der Waals surface area contributed by atoms with E-state index in [1.807, 2.05) is 41.9 Å². The molecular formula is C32H32ClN5. The van der Waals surface area contributed by atoms with Crippen molar-refractivity contribution in [1.29, 1.82) is 0 Å². The van der Waals surface area contributed by atoms with E-state index >= 15 is 0 Å². The van der Waals surface area contributed by atoms with Crippen LogP contribution in [0.3, 0.4) is 0 Å². The van der Waals surface area contributed by atoms with Crippen LogP contribution >= 0.6 is 11.6 Å². The van der Waals surface area contributed by atoms with Crippen LogP contribution in [0.5, 0.6) is 0 Å². The maximum Gasteiger partial charge on any atom is 0.160 e. The fraction of sp³-hybridized carbons (Fsp3) is 0.250. The first-order valence-electron chi connectivity index (χ1n) is 13.3. The summed E-state index contributed by atoms with van der Waals surface area (Å²) in [5.74, 6) is 1.52. The van der Waals surface area contributed by atoms with Crippen molar-refractivity contribution >= 4 is 23.1 Å². The first kappa shape index (κ1) is 24.7. The molecule has 0 spiro atoms. The van der Waals surface area contributed by atoms with E-state index in [1.54, 1.807) is 0 Å². The number of halogens is 1. The van der Waals surface area contributed by atoms with Crippen LogP contribution < -0.4 is 5.32 Å². The Kier molecular flexibility index (Phi) is 7.12. The number of likely N-dealkylation sites (tertiary alicyclic amines) is 1. The topological polar surface area (TPSA) is 45.5 Å². The van der Waals surface area contributed by atoms with Gasteiger partial charge in [-0.2, -0.15) is 9.61 Å². The Bertz CT molecular complexity index is 1530. The number of benzene rings is 3. The number of aryl methyl sites for hydroxylation is 1. The maximum absolute atomic E-state index is 6.51. The molecule has 0 saturated carbocycles. The summed E-state index contributed by atoms with van der Waals surface area (Å²) >= 11 is 6.51. The minimum Gasteiger partial charge on any atom is -0.370 e. The van der Waals surface area contributed by atoms with Crippen LogP contribution in [0.25, 0.3) is 28.0 Å². The second kappa shape index (κ2) is 11.0. The summed E-state index contributed by atoms with van der Waals surface area (Å²) in [7, 11) is 0. The summed E-state index contributed by atoms with van der Waals surface area (Å²) in [6.45, 7) is 6.15. The largest absolute Gasteiger partial charge is 0.370 e. The maximum atomic E-state index is 6.51. The molecule has 5 nitrogen and oxygen atoms in total. The van der Waals surface area contributed by atoms with Crippen LogP contribution in [0.2, 0.25) is 5.02 Å². The van der Waals surface area contributed by atoms with Crippen molar-refractivity contribution in [3.63, 3.8) is 0 Å². The van der Waals surface area contributed by atoms with Crippen LogP contribution in [0, 0.1) is 12.8 Å². The third-order valence-electron chi connectivity index (χ3n) is 7.44. The SMILES string of the molecule is Cc1cnn2c(NCC3CCCN(Cc4ccc(-c5ccccc5)cc4)C3)cc(-c3ccccc3Cl)nc12. The number of aromatic nitrogens is 3. The van der Waals surface area contributed by atoms with Crippen molar-refractivity contribution in [3.8, 4) is 22.4 Å². The van der Waals surface area contributed by atoms with Gasteiger partial charge in [-0.15, -0.1) is 0 Å². The number of hydrogen-bond donors (Lipinski definition) is 1. The van der Waals surface area contributed by atoms with Crippen molar-refractivity contribution in [2.45, 2.75) is 26.3 Å². The van der Waals surface area contributed by atoms with Gasteiger partial charge in [0.1, 0.15) is 5.82 Å². The van der Waals surface area contributed by atoms with Crippen LogP contribution in [0.4, 0.5) is 5.82 Å². The van der Waals surface area contributed by atoms with E-state index in [0.717, 1.165) is 54.5 Å². The Balaban J connectivity index is 1.14. The quantitative estimate of drug-likeness (QED) is 0.243. The molecule has 2 aromatic heterocycles. The lowest BCUT2D eigenvalue weighted by Gasteiger charge is -2.33. The molecule has 5 aromatic rings. The molecule has 192 valence electrons. The number of hydrogen-bond acceptors (Lipinski definition) is 4. The molecule has 1 fully saturated rings. The second-order valence-corrected chi connectivity index (χ2v) is 10.7. The van der Waals surface area contributed by atoms with E-state index in [4.69, 9.17) is 16.6 Å². The Labute approximate surface area is 229 Å². The number of rotatable bonds is 7. The molecule has 1 aliphatic heterocycles. The molecule has 1 unspecified atom stereocenters. The van der Waals surface area contributed by atoms with Gasteiger partial charge in [0.25, 0.3) is 0 Å². The van der Waals surface area contributed by atoms with Crippen molar-refractivity contribution in [1.82, 2.24) is 19.5 Å². The van der Waals surface area contributed by atoms with Gasteiger partial charge >= 0.3 is 0 Å². The lowest BCUT2D eigenvalue weighted by molar-refractivity contribution is 0.173. The van der Waals surface area contributed by atoms with Gasteiger partial charge in [-0.25, -0.2) is 4.98 Å². The van der Waals surface area contributed by atoms with E-state index in [9.17, 15) is 0 Å². The molecule has 1 aliphatic rings. The summed E-state index contributed by atoms with van der Waals surface area (Å²) < 4.78 is 1.91. The van der Waals surface area contributed by atoms with Gasteiger partial charge in [-0.3, -0.25) is 4.90 Å². The van der Waals surface area contributed by atoms with Gasteiger partial charge < -0.3 is 5.32 Å². The van der Waals surface area contributed by atoms with Gasteiger partial charge in [0.15, 0.2) is 5.65 Å². The van der Waals surface area contributed by atoms with E-state index in [1.165, 1.54) is 29.5 Å². The Morgan fingerprint density at radius 2 is 1.71 bits per heavy atom. The van der Waals surface area contributed by atoms with Gasteiger partial charge in [0, 0.05) is 41.9 Å². The summed E-state index contributed by atoms with van der Waals surface area (Å²) in [4.78, 5) is 7.46. The molecule has 6 heteroatoms. The van der Waals surface area contributed by atoms with Gasteiger partial charge in [0.2, 0.25) is 0 Å². The van der Waals surface area contributed by atoms with Gasteiger partial charge in [-0.05, 0) is 55.0 Å². The second-order valence-electron chi connectivity index (χ2n) is 10.3. The normalized spacial score (nSPS) is 16.1. The monoisotopic (exact) mass is 521 g/mol. The van der Waals surface area contributed by atoms with E-state index in [2.05, 4.69) is 76.0 Å². The molecule has 1 atom stereocenters. The highest BCUT2D eigenvalue weighted by Gasteiger charge is 2.21. The van der Waals surface area contributed by atoms with Crippen LogP contribution in [-0.4, -0.2) is 39.1 Å². The zero-order chi connectivity index (χ0) is 25.9. The number of fused-ring (bicyclic) bond motifs is 1. The number of nitrogens with zero attached hydrogens (tertiary/aromatic N) is 4. The highest BCUT2D eigenvalue weighted by Crippen LogP contribution is 2.30. The van der Waals surface area contributed by atoms with Crippen molar-refractivity contribution in [3.05, 3.63) is 107 Å². The van der Waals surface area contributed by atoms with E-state index < -0.39 is 0 Å². The zero-order valence-electron chi connectivity index (χ0n) is 21.6. The standard InChI is InChI=1S/C32H32ClN5/c1-23-19-35-38-31(18-30(36-32(23)38)28-11-5-6-12-29(28)33)34-20-25-8-7-17-37(22-25)21-24-13-15-27(16-14-24)26-9-3-2-4-10-26/h2-6,9-16,18-19,25,34H,7-8,17,20-22H2,1H3. The highest BCUT2D eigenvalue weighted by atomic mass is 35.5. The lowest BCUT2D eigenvalue weighted by Crippen LogP contribution is -2.37. The molecule has 6 rings (SSSR count). The molecule has 1 saturated heterocycles. The molecule has 1 N–H and O–H groups in total. The molecule has 0 amide bonds. The smallest absolute Gasteiger partial charge is 0.160 e. The Morgan fingerprint density at radius 3 is 2.53 bits per heavy atom. The molecular weight excluding hydrogens is 490 g/mol. The number of nitrogens with one attached hydrogen (secondary N) is 1. The fourth-order valence-corrected chi connectivity index (χ4v) is 5.64. The first-order valence-corrected chi connectivity index (χ1v) is 13.7. The van der Waals surface area contributed by atoms with Crippen molar-refractivity contribution < 1.29 is 0 Å². The number of anilines is 1. The zero-order valence-corrected chi connectivity index (χ0v) is 22.4. The van der Waals surface area contributed by atoms with Gasteiger partial charge in [0.05, 0.1) is 11.9 Å². The molecule has 38 heavy (non-hydrogen) atoms. The summed E-state index contributed by atoms with van der Waals surface area (Å²) in [5.41, 5.74) is 7.59. The predicted molar refractivity (Wildman–Crippen MR) is 157 cm³/mol. The molecule has 0 radical (unpaired) electrons. The Morgan fingerprint density at radius 1 is 0.947 bits per heavy atom. The summed E-state index contributed by atoms with van der Waals surface area (Å²) in [6, 6.07) is 29.5. The molecule has 0 aliphatic carbocycles. The third kappa shape index (κ3) is 5.31. The lowest BCUT2D eigenvalue weighted by atomic mass is 9.97. The average molecular weight is 522 g/mol. The molecule has 3 heterocycles. The minimum atomic E-state index is 0.566. The molecule has 0 bridgehead atoms. The average Bonchev–Trinajstić information content (AvgIpc) is 3.33. The van der Waals surface area contributed by atoms with Crippen molar-refractivity contribution in [2.24, 2.45) is 5.92 Å². The molecule has 3 aromatic carbocycles. The van der Waals surface area contributed by atoms with Crippen LogP contribution in [-0.2, 0) is 6.54 Å². The summed E-state index contributed by atoms with van der Waals surface area (Å²) in [5, 5.41) is 8.99. The predicted octanol–water partition coefficient (Wildman–Crippen LogP) is 7.35. The van der Waals surface area contributed by atoms with Crippen LogP contribution in [0.1, 0.15) is 24.0 Å².